The summed E-state index contributed by atoms with van der Waals surface area (Å²) in [7, 11) is 1.70. The lowest BCUT2D eigenvalue weighted by molar-refractivity contribution is -0.127. The van der Waals surface area contributed by atoms with E-state index in [1.54, 1.807) is 16.6 Å². The van der Waals surface area contributed by atoms with Gasteiger partial charge in [0.25, 0.3) is 0 Å². The quantitative estimate of drug-likeness (QED) is 0.592. The van der Waals surface area contributed by atoms with E-state index in [9.17, 15) is 4.79 Å². The van der Waals surface area contributed by atoms with Gasteiger partial charge in [-0.05, 0) is 24.4 Å². The molecule has 1 heterocycles. The third-order valence-electron chi connectivity index (χ3n) is 2.83. The Morgan fingerprint density at radius 1 is 1.50 bits per heavy atom. The molecule has 1 aromatic heterocycles. The number of rotatable bonds is 6. The van der Waals surface area contributed by atoms with Crippen LogP contribution in [0.15, 0.2) is 34.7 Å². The van der Waals surface area contributed by atoms with Crippen molar-refractivity contribution in [1.82, 2.24) is 14.7 Å². The molecule has 2 rings (SSSR count). The van der Waals surface area contributed by atoms with Crippen LogP contribution in [0.5, 0.6) is 0 Å². The van der Waals surface area contributed by atoms with E-state index < -0.39 is 0 Å². The van der Waals surface area contributed by atoms with Crippen molar-refractivity contribution < 1.29 is 4.79 Å². The van der Waals surface area contributed by atoms with Crippen LogP contribution in [0.25, 0.3) is 5.69 Å². The molecule has 0 saturated heterocycles. The van der Waals surface area contributed by atoms with Crippen LogP contribution in [0.1, 0.15) is 6.42 Å². The number of carbonyl (C=O) groups excluding carboxylic acids is 1. The minimum Gasteiger partial charge on any atom is -0.344 e. The van der Waals surface area contributed by atoms with Crippen LogP contribution in [0.2, 0.25) is 0 Å². The highest BCUT2D eigenvalue weighted by Crippen LogP contribution is 2.24. The van der Waals surface area contributed by atoms with E-state index in [0.717, 1.165) is 10.0 Å². The molecule has 22 heavy (non-hydrogen) atoms. The lowest BCUT2D eigenvalue weighted by atomic mass is 10.3. The molecule has 1 amide bonds. The van der Waals surface area contributed by atoms with Crippen LogP contribution < -0.4 is 0 Å². The molecule has 0 N–H and O–H groups in total. The number of hydrogen-bond acceptors (Lipinski definition) is 6. The minimum atomic E-state index is -0.0207. The Balaban J connectivity index is 1.99. The van der Waals surface area contributed by atoms with Gasteiger partial charge < -0.3 is 4.90 Å². The van der Waals surface area contributed by atoms with Crippen LogP contribution in [0.4, 0.5) is 0 Å². The van der Waals surface area contributed by atoms with Gasteiger partial charge in [0.2, 0.25) is 5.91 Å². The highest BCUT2D eigenvalue weighted by atomic mass is 32.2. The van der Waals surface area contributed by atoms with E-state index in [0.29, 0.717) is 22.7 Å². The topological polar surface area (TPSA) is 61.9 Å². The summed E-state index contributed by atoms with van der Waals surface area (Å²) in [4.78, 5) is 13.5. The molecule has 0 bridgehead atoms. The van der Waals surface area contributed by atoms with Gasteiger partial charge in [-0.3, -0.25) is 4.79 Å². The Labute approximate surface area is 142 Å². The zero-order valence-corrected chi connectivity index (χ0v) is 14.4. The average Bonchev–Trinajstić information content (AvgIpc) is 2.92. The zero-order chi connectivity index (χ0) is 15.9. The number of benzene rings is 1. The van der Waals surface area contributed by atoms with E-state index in [1.165, 1.54) is 23.1 Å². The van der Waals surface area contributed by atoms with Crippen molar-refractivity contribution in [2.24, 2.45) is 0 Å². The first-order valence-corrected chi connectivity index (χ1v) is 8.72. The Hall–Kier alpha value is -1.69. The third kappa shape index (κ3) is 4.40. The maximum atomic E-state index is 11.9. The summed E-state index contributed by atoms with van der Waals surface area (Å²) < 4.78 is 3.11. The van der Waals surface area contributed by atoms with Gasteiger partial charge in [0.05, 0.1) is 23.9 Å². The second-order valence-electron chi connectivity index (χ2n) is 4.39. The van der Waals surface area contributed by atoms with Crippen LogP contribution >= 0.6 is 35.3 Å². The molecule has 0 aliphatic heterocycles. The minimum absolute atomic E-state index is 0.0207. The molecular formula is C14H14N4OS3. The van der Waals surface area contributed by atoms with Crippen molar-refractivity contribution in [1.29, 1.82) is 5.26 Å². The molecule has 2 aromatic rings. The molecule has 0 unspecified atom stereocenters. The fourth-order valence-electron chi connectivity index (χ4n) is 1.63. The number of amides is 1. The second kappa shape index (κ2) is 8.08. The summed E-state index contributed by atoms with van der Waals surface area (Å²) in [5.41, 5.74) is 0.910. The van der Waals surface area contributed by atoms with Gasteiger partial charge in [-0.15, -0.1) is 5.10 Å². The number of aromatic nitrogens is 2. The van der Waals surface area contributed by atoms with Crippen molar-refractivity contribution in [2.45, 2.75) is 10.8 Å². The van der Waals surface area contributed by atoms with E-state index >= 15 is 0 Å². The maximum Gasteiger partial charge on any atom is 0.232 e. The Kier molecular flexibility index (Phi) is 6.12. The third-order valence-corrected chi connectivity index (χ3v) is 5.18. The molecule has 114 valence electrons. The second-order valence-corrected chi connectivity index (χ2v) is 7.24. The number of nitrogens with zero attached hydrogens (tertiary/aromatic N) is 4. The summed E-state index contributed by atoms with van der Waals surface area (Å²) in [5, 5.41) is 13.0. The molecule has 0 spiro atoms. The lowest BCUT2D eigenvalue weighted by Gasteiger charge is -2.14. The Morgan fingerprint density at radius 3 is 2.91 bits per heavy atom. The molecule has 0 saturated carbocycles. The first-order chi connectivity index (χ1) is 10.6. The number of thioether (sulfide) groups is 1. The van der Waals surface area contributed by atoms with Gasteiger partial charge in [0.1, 0.15) is 0 Å². The largest absolute Gasteiger partial charge is 0.344 e. The summed E-state index contributed by atoms with van der Waals surface area (Å²) in [6.07, 6.45) is 0.342. The summed E-state index contributed by atoms with van der Waals surface area (Å²) in [6.45, 7) is 0.448. The Bertz CT molecular complexity index is 733. The SMILES string of the molecule is CN(CCC#N)C(=O)CSc1nn(-c2ccccc2)c(=S)s1. The van der Waals surface area contributed by atoms with Crippen LogP contribution in [-0.4, -0.2) is 39.9 Å². The smallest absolute Gasteiger partial charge is 0.232 e. The Morgan fingerprint density at radius 2 is 2.23 bits per heavy atom. The maximum absolute atomic E-state index is 11.9. The van der Waals surface area contributed by atoms with Gasteiger partial charge in [-0.1, -0.05) is 41.3 Å². The van der Waals surface area contributed by atoms with E-state index in [2.05, 4.69) is 5.10 Å². The van der Waals surface area contributed by atoms with Gasteiger partial charge in [-0.2, -0.15) is 5.26 Å². The molecule has 5 nitrogen and oxygen atoms in total. The van der Waals surface area contributed by atoms with Crippen LogP contribution in [0, 0.1) is 15.3 Å². The van der Waals surface area contributed by atoms with E-state index in [4.69, 9.17) is 17.5 Å². The van der Waals surface area contributed by atoms with Crippen molar-refractivity contribution in [2.75, 3.05) is 19.3 Å². The first kappa shape index (κ1) is 16.7. The van der Waals surface area contributed by atoms with E-state index in [-0.39, 0.29) is 5.91 Å². The number of carbonyl (C=O) groups is 1. The van der Waals surface area contributed by atoms with Crippen LogP contribution in [-0.2, 0) is 4.79 Å². The van der Waals surface area contributed by atoms with Crippen molar-refractivity contribution >= 4 is 41.2 Å². The van der Waals surface area contributed by atoms with E-state index in [1.807, 2.05) is 36.4 Å². The molecule has 0 aliphatic rings. The summed E-state index contributed by atoms with van der Waals surface area (Å²) >= 11 is 8.07. The first-order valence-electron chi connectivity index (χ1n) is 6.51. The number of hydrogen-bond donors (Lipinski definition) is 0. The lowest BCUT2D eigenvalue weighted by Crippen LogP contribution is -2.29. The van der Waals surface area contributed by atoms with Gasteiger partial charge in [0.15, 0.2) is 8.29 Å². The highest BCUT2D eigenvalue weighted by molar-refractivity contribution is 8.01. The number of para-hydroxylation sites is 1. The summed E-state index contributed by atoms with van der Waals surface area (Å²) in [5.74, 6) is 0.270. The fourth-order valence-corrected chi connectivity index (χ4v) is 3.93. The normalized spacial score (nSPS) is 10.2. The summed E-state index contributed by atoms with van der Waals surface area (Å²) in [6, 6.07) is 11.7. The van der Waals surface area contributed by atoms with Crippen molar-refractivity contribution in [3.05, 3.63) is 34.3 Å². The predicted octanol–water partition coefficient (Wildman–Crippen LogP) is 3.13. The highest BCUT2D eigenvalue weighted by Gasteiger charge is 2.12. The van der Waals surface area contributed by atoms with Crippen molar-refractivity contribution in [3.8, 4) is 11.8 Å². The van der Waals surface area contributed by atoms with Gasteiger partial charge in [-0.25, -0.2) is 4.68 Å². The van der Waals surface area contributed by atoms with Gasteiger partial charge in [0, 0.05) is 13.6 Å². The predicted molar refractivity (Wildman–Crippen MR) is 90.9 cm³/mol. The molecule has 8 heteroatoms. The average molecular weight is 350 g/mol. The molecular weight excluding hydrogens is 336 g/mol. The monoisotopic (exact) mass is 350 g/mol. The standard InChI is InChI=1S/C14H14N4OS3/c1-17(9-5-8-15)12(19)10-21-13-16-18(14(20)22-13)11-6-3-2-4-7-11/h2-4,6-7H,5,9-10H2,1H3. The molecule has 0 atom stereocenters. The molecule has 0 aliphatic carbocycles. The molecule has 0 fully saturated rings. The zero-order valence-electron chi connectivity index (χ0n) is 11.9. The van der Waals surface area contributed by atoms with Crippen LogP contribution in [0.3, 0.4) is 0 Å². The number of nitriles is 1. The molecule has 1 aromatic carbocycles. The van der Waals surface area contributed by atoms with Crippen molar-refractivity contribution in [3.63, 3.8) is 0 Å². The molecule has 0 radical (unpaired) electrons. The fraction of sp³-hybridized carbons (Fsp3) is 0.286. The van der Waals surface area contributed by atoms with Gasteiger partial charge >= 0.3 is 0 Å².